The van der Waals surface area contributed by atoms with Gasteiger partial charge in [-0.15, -0.1) is 0 Å². The number of hydrogen-bond acceptors (Lipinski definition) is 2. The smallest absolute Gasteiger partial charge is 0.306 e. The SMILES string of the molecule is CCCC(=O)N1CCC(C(=O)O)C(C)C1. The van der Waals surface area contributed by atoms with Crippen LogP contribution >= 0.6 is 0 Å². The Kier molecular flexibility index (Phi) is 4.12. The molecule has 0 bridgehead atoms. The van der Waals surface area contributed by atoms with Crippen molar-refractivity contribution in [2.24, 2.45) is 11.8 Å². The first kappa shape index (κ1) is 12.0. The van der Waals surface area contributed by atoms with E-state index in [0.29, 0.717) is 25.9 Å². The van der Waals surface area contributed by atoms with Gasteiger partial charge in [0.1, 0.15) is 0 Å². The molecule has 4 heteroatoms. The minimum absolute atomic E-state index is 0.0667. The standard InChI is InChI=1S/C11H19NO3/c1-3-4-10(13)12-6-5-9(11(14)15)8(2)7-12/h8-9H,3-7H2,1-2H3,(H,14,15). The molecule has 4 nitrogen and oxygen atoms in total. The molecule has 1 fully saturated rings. The molecule has 0 aromatic rings. The molecule has 1 saturated heterocycles. The van der Waals surface area contributed by atoms with Gasteiger partial charge >= 0.3 is 5.97 Å². The van der Waals surface area contributed by atoms with Gasteiger partial charge in [0.2, 0.25) is 5.91 Å². The van der Waals surface area contributed by atoms with Crippen LogP contribution in [0.4, 0.5) is 0 Å². The van der Waals surface area contributed by atoms with E-state index >= 15 is 0 Å². The van der Waals surface area contributed by atoms with Gasteiger partial charge in [-0.25, -0.2) is 0 Å². The Morgan fingerprint density at radius 1 is 1.47 bits per heavy atom. The van der Waals surface area contributed by atoms with E-state index in [1.165, 1.54) is 0 Å². The fraction of sp³-hybridized carbons (Fsp3) is 0.818. The Balaban J connectivity index is 2.50. The van der Waals surface area contributed by atoms with Crippen LogP contribution in [0.2, 0.25) is 0 Å². The van der Waals surface area contributed by atoms with Gasteiger partial charge in [-0.3, -0.25) is 9.59 Å². The van der Waals surface area contributed by atoms with E-state index in [0.717, 1.165) is 6.42 Å². The van der Waals surface area contributed by atoms with Crippen LogP contribution in [0, 0.1) is 11.8 Å². The van der Waals surface area contributed by atoms with Crippen LogP contribution in [-0.2, 0) is 9.59 Å². The van der Waals surface area contributed by atoms with Crippen LogP contribution < -0.4 is 0 Å². The minimum Gasteiger partial charge on any atom is -0.481 e. The van der Waals surface area contributed by atoms with Crippen LogP contribution in [0.25, 0.3) is 0 Å². The van der Waals surface area contributed by atoms with Crippen LogP contribution in [0.15, 0.2) is 0 Å². The topological polar surface area (TPSA) is 57.6 Å². The molecule has 0 saturated carbocycles. The molecule has 0 aliphatic carbocycles. The number of carboxylic acid groups (broad SMARTS) is 1. The van der Waals surface area contributed by atoms with Crippen molar-refractivity contribution < 1.29 is 14.7 Å². The molecule has 1 N–H and O–H groups in total. The third kappa shape index (κ3) is 2.94. The van der Waals surface area contributed by atoms with E-state index in [1.807, 2.05) is 13.8 Å². The van der Waals surface area contributed by atoms with E-state index in [1.54, 1.807) is 4.90 Å². The highest BCUT2D eigenvalue weighted by atomic mass is 16.4. The van der Waals surface area contributed by atoms with E-state index in [2.05, 4.69) is 0 Å². The fourth-order valence-corrected chi connectivity index (χ4v) is 2.11. The van der Waals surface area contributed by atoms with Crippen LogP contribution in [-0.4, -0.2) is 35.0 Å². The summed E-state index contributed by atoms with van der Waals surface area (Å²) in [6, 6.07) is 0. The second kappa shape index (κ2) is 5.14. The number of hydrogen-bond donors (Lipinski definition) is 1. The number of carbonyl (C=O) groups excluding carboxylic acids is 1. The number of piperidine rings is 1. The first-order valence-electron chi connectivity index (χ1n) is 5.56. The Morgan fingerprint density at radius 2 is 2.13 bits per heavy atom. The molecule has 2 unspecified atom stereocenters. The minimum atomic E-state index is -0.731. The van der Waals surface area contributed by atoms with Crippen molar-refractivity contribution in [3.8, 4) is 0 Å². The zero-order valence-corrected chi connectivity index (χ0v) is 9.40. The van der Waals surface area contributed by atoms with Crippen molar-refractivity contribution in [2.75, 3.05) is 13.1 Å². The van der Waals surface area contributed by atoms with Gasteiger partial charge < -0.3 is 10.0 Å². The van der Waals surface area contributed by atoms with Crippen molar-refractivity contribution in [2.45, 2.75) is 33.1 Å². The zero-order valence-electron chi connectivity index (χ0n) is 9.40. The molecule has 15 heavy (non-hydrogen) atoms. The number of nitrogens with zero attached hydrogens (tertiary/aromatic N) is 1. The van der Waals surface area contributed by atoms with E-state index in [9.17, 15) is 9.59 Å². The fourth-order valence-electron chi connectivity index (χ4n) is 2.11. The summed E-state index contributed by atoms with van der Waals surface area (Å²) in [7, 11) is 0. The maximum Gasteiger partial charge on any atom is 0.306 e. The Labute approximate surface area is 90.3 Å². The predicted octanol–water partition coefficient (Wildman–Crippen LogP) is 1.36. The summed E-state index contributed by atoms with van der Waals surface area (Å²) in [4.78, 5) is 24.3. The first-order valence-corrected chi connectivity index (χ1v) is 5.56. The third-order valence-corrected chi connectivity index (χ3v) is 3.04. The lowest BCUT2D eigenvalue weighted by molar-refractivity contribution is -0.148. The molecule has 1 rings (SSSR count). The highest BCUT2D eigenvalue weighted by Gasteiger charge is 2.32. The summed E-state index contributed by atoms with van der Waals surface area (Å²) >= 11 is 0. The molecule has 2 atom stereocenters. The van der Waals surface area contributed by atoms with Crippen LogP contribution in [0.5, 0.6) is 0 Å². The molecule has 1 aliphatic rings. The molecule has 1 heterocycles. The molecule has 0 radical (unpaired) electrons. The van der Waals surface area contributed by atoms with Gasteiger partial charge in [-0.2, -0.15) is 0 Å². The van der Waals surface area contributed by atoms with Crippen molar-refractivity contribution in [1.82, 2.24) is 4.90 Å². The lowest BCUT2D eigenvalue weighted by Gasteiger charge is -2.35. The number of carboxylic acids is 1. The van der Waals surface area contributed by atoms with Crippen LogP contribution in [0.3, 0.4) is 0 Å². The van der Waals surface area contributed by atoms with Crippen molar-refractivity contribution in [1.29, 1.82) is 0 Å². The average molecular weight is 213 g/mol. The van der Waals surface area contributed by atoms with Crippen molar-refractivity contribution in [3.05, 3.63) is 0 Å². The summed E-state index contributed by atoms with van der Waals surface area (Å²) in [5.41, 5.74) is 0. The summed E-state index contributed by atoms with van der Waals surface area (Å²) in [6.07, 6.45) is 2.02. The van der Waals surface area contributed by atoms with Crippen LogP contribution in [0.1, 0.15) is 33.1 Å². The third-order valence-electron chi connectivity index (χ3n) is 3.04. The van der Waals surface area contributed by atoms with E-state index in [4.69, 9.17) is 5.11 Å². The quantitative estimate of drug-likeness (QED) is 0.770. The van der Waals surface area contributed by atoms with Gasteiger partial charge in [0.05, 0.1) is 5.92 Å². The van der Waals surface area contributed by atoms with Crippen molar-refractivity contribution in [3.63, 3.8) is 0 Å². The Bertz CT molecular complexity index is 252. The molecule has 1 amide bonds. The number of aliphatic carboxylic acids is 1. The molecule has 1 aliphatic heterocycles. The molecule has 0 aromatic carbocycles. The molecule has 86 valence electrons. The lowest BCUT2D eigenvalue weighted by atomic mass is 9.87. The second-order valence-corrected chi connectivity index (χ2v) is 4.30. The number of amides is 1. The molecular weight excluding hydrogens is 194 g/mol. The molecule has 0 aromatic heterocycles. The van der Waals surface area contributed by atoms with Gasteiger partial charge in [0.25, 0.3) is 0 Å². The summed E-state index contributed by atoms with van der Waals surface area (Å²) in [5.74, 6) is -0.786. The molecule has 0 spiro atoms. The lowest BCUT2D eigenvalue weighted by Crippen LogP contribution is -2.44. The van der Waals surface area contributed by atoms with E-state index < -0.39 is 5.97 Å². The molecular formula is C11H19NO3. The maximum atomic E-state index is 11.6. The summed E-state index contributed by atoms with van der Waals surface area (Å²) in [5, 5.41) is 8.93. The summed E-state index contributed by atoms with van der Waals surface area (Å²) < 4.78 is 0. The van der Waals surface area contributed by atoms with Gasteiger partial charge in [0.15, 0.2) is 0 Å². The zero-order chi connectivity index (χ0) is 11.4. The first-order chi connectivity index (χ1) is 7.06. The second-order valence-electron chi connectivity index (χ2n) is 4.30. The predicted molar refractivity (Wildman–Crippen MR) is 56.4 cm³/mol. The highest BCUT2D eigenvalue weighted by Crippen LogP contribution is 2.23. The number of likely N-dealkylation sites (tertiary alicyclic amines) is 1. The van der Waals surface area contributed by atoms with Gasteiger partial charge in [0, 0.05) is 19.5 Å². The monoisotopic (exact) mass is 213 g/mol. The largest absolute Gasteiger partial charge is 0.481 e. The highest BCUT2D eigenvalue weighted by molar-refractivity contribution is 5.77. The Morgan fingerprint density at radius 3 is 2.60 bits per heavy atom. The van der Waals surface area contributed by atoms with Gasteiger partial charge in [-0.05, 0) is 18.8 Å². The number of carbonyl (C=O) groups is 2. The van der Waals surface area contributed by atoms with E-state index in [-0.39, 0.29) is 17.7 Å². The Hall–Kier alpha value is -1.06. The maximum absolute atomic E-state index is 11.6. The number of rotatable bonds is 3. The normalized spacial score (nSPS) is 26.4. The van der Waals surface area contributed by atoms with Gasteiger partial charge in [-0.1, -0.05) is 13.8 Å². The average Bonchev–Trinajstić information content (AvgIpc) is 2.17. The van der Waals surface area contributed by atoms with Crippen molar-refractivity contribution >= 4 is 11.9 Å². The summed E-state index contributed by atoms with van der Waals surface area (Å²) in [6.45, 7) is 5.07.